The normalized spacial score (nSPS) is 12.9. The zero-order chi connectivity index (χ0) is 38.9. The highest BCUT2D eigenvalue weighted by Crippen LogP contribution is 2.58. The average Bonchev–Trinajstić information content (AvgIpc) is 4.03. The van der Waals surface area contributed by atoms with Crippen LogP contribution in [0.2, 0.25) is 0 Å². The van der Waals surface area contributed by atoms with E-state index in [9.17, 15) is 0 Å². The van der Waals surface area contributed by atoms with E-state index in [0.717, 1.165) is 55.6 Å². The van der Waals surface area contributed by atoms with Crippen molar-refractivity contribution in [1.29, 1.82) is 0 Å². The molecule has 11 aromatic rings. The van der Waals surface area contributed by atoms with Gasteiger partial charge < -0.3 is 8.83 Å². The Morgan fingerprint density at radius 1 is 0.356 bits per heavy atom. The zero-order valence-electron chi connectivity index (χ0n) is 31.8. The summed E-state index contributed by atoms with van der Waals surface area (Å²) in [5, 5.41) is 2.51. The third-order valence-corrected chi connectivity index (χ3v) is 12.0. The lowest BCUT2D eigenvalue weighted by atomic mass is 9.67. The molecule has 2 heterocycles. The van der Waals surface area contributed by atoms with Crippen molar-refractivity contribution >= 4 is 33.0 Å². The maximum absolute atomic E-state index is 6.31. The molecule has 2 aromatic heterocycles. The fraction of sp³-hybridized carbons (Fsp3) is 0.0182. The first-order chi connectivity index (χ1) is 29.2. The van der Waals surface area contributed by atoms with Crippen LogP contribution in [0.5, 0.6) is 0 Å². The third kappa shape index (κ3) is 5.23. The summed E-state index contributed by atoms with van der Waals surface area (Å²) >= 11 is 0. The van der Waals surface area contributed by atoms with Gasteiger partial charge in [-0.1, -0.05) is 152 Å². The van der Waals surface area contributed by atoms with Crippen LogP contribution in [-0.2, 0) is 5.41 Å². The summed E-state index contributed by atoms with van der Waals surface area (Å²) in [4.78, 5) is 9.75. The quantitative estimate of drug-likeness (QED) is 0.170. The van der Waals surface area contributed by atoms with Gasteiger partial charge in [-0.15, -0.1) is 0 Å². The van der Waals surface area contributed by atoms with Crippen molar-refractivity contribution in [3.63, 3.8) is 0 Å². The minimum atomic E-state index is -0.521. The van der Waals surface area contributed by atoms with Gasteiger partial charge in [0, 0.05) is 11.1 Å². The monoisotopic (exact) mass is 754 g/mol. The molecular weight excluding hydrogens is 721 g/mol. The molecule has 0 unspecified atom stereocenters. The van der Waals surface area contributed by atoms with Gasteiger partial charge in [-0.25, -0.2) is 9.97 Å². The molecule has 9 aromatic carbocycles. The van der Waals surface area contributed by atoms with E-state index in [1.54, 1.807) is 0 Å². The second-order valence-corrected chi connectivity index (χ2v) is 15.3. The van der Waals surface area contributed by atoms with Gasteiger partial charge >= 0.3 is 0 Å². The van der Waals surface area contributed by atoms with Crippen LogP contribution in [-0.4, -0.2) is 9.97 Å². The Morgan fingerprint density at radius 2 is 0.881 bits per heavy atom. The summed E-state index contributed by atoms with van der Waals surface area (Å²) in [6, 6.07) is 73.4. The largest absolute Gasteiger partial charge is 0.436 e. The average molecular weight is 755 g/mol. The van der Waals surface area contributed by atoms with Crippen LogP contribution >= 0.6 is 0 Å². The minimum absolute atomic E-state index is 0.521. The van der Waals surface area contributed by atoms with Gasteiger partial charge in [0.05, 0.1) is 5.41 Å². The minimum Gasteiger partial charge on any atom is -0.436 e. The predicted octanol–water partition coefficient (Wildman–Crippen LogP) is 14.2. The van der Waals surface area contributed by atoms with Gasteiger partial charge in [0.25, 0.3) is 0 Å². The maximum Gasteiger partial charge on any atom is 0.227 e. The molecule has 1 aliphatic carbocycles. The van der Waals surface area contributed by atoms with Crippen molar-refractivity contribution in [2.45, 2.75) is 5.41 Å². The Labute approximate surface area is 340 Å². The van der Waals surface area contributed by atoms with E-state index >= 15 is 0 Å². The fourth-order valence-electron chi connectivity index (χ4n) is 9.35. The molecule has 4 nitrogen and oxygen atoms in total. The van der Waals surface area contributed by atoms with Crippen LogP contribution in [0.1, 0.15) is 22.3 Å². The van der Waals surface area contributed by atoms with Crippen molar-refractivity contribution in [2.75, 3.05) is 0 Å². The molecule has 0 aliphatic heterocycles. The number of benzene rings is 9. The topological polar surface area (TPSA) is 52.1 Å². The van der Waals surface area contributed by atoms with Crippen LogP contribution < -0.4 is 0 Å². The van der Waals surface area contributed by atoms with E-state index < -0.39 is 5.41 Å². The first-order valence-corrected chi connectivity index (χ1v) is 20.0. The fourth-order valence-corrected chi connectivity index (χ4v) is 9.35. The third-order valence-electron chi connectivity index (χ3n) is 12.0. The first-order valence-electron chi connectivity index (χ1n) is 20.0. The summed E-state index contributed by atoms with van der Waals surface area (Å²) in [5.74, 6) is 1.09. The lowest BCUT2D eigenvalue weighted by molar-refractivity contribution is 0.617. The van der Waals surface area contributed by atoms with E-state index in [1.165, 1.54) is 44.2 Å². The van der Waals surface area contributed by atoms with E-state index in [-0.39, 0.29) is 0 Å². The smallest absolute Gasteiger partial charge is 0.227 e. The van der Waals surface area contributed by atoms with Crippen LogP contribution in [0.3, 0.4) is 0 Å². The summed E-state index contributed by atoms with van der Waals surface area (Å²) in [5.41, 5.74) is 16.3. The van der Waals surface area contributed by atoms with Gasteiger partial charge in [0.15, 0.2) is 11.2 Å². The molecule has 12 rings (SSSR count). The van der Waals surface area contributed by atoms with E-state index in [4.69, 9.17) is 18.8 Å². The summed E-state index contributed by atoms with van der Waals surface area (Å²) in [6.07, 6.45) is 0. The molecule has 59 heavy (non-hydrogen) atoms. The number of hydrogen-bond acceptors (Lipinski definition) is 4. The van der Waals surface area contributed by atoms with Gasteiger partial charge in [-0.05, 0) is 121 Å². The van der Waals surface area contributed by atoms with E-state index in [0.29, 0.717) is 11.8 Å². The Balaban J connectivity index is 1.05. The second kappa shape index (κ2) is 13.1. The molecule has 0 bridgehead atoms. The highest BCUT2D eigenvalue weighted by atomic mass is 16.4. The SMILES string of the molecule is c1ccc(C2(c3ccccc3)c3cc(-c4cccc(-c5cc(-c6nc7ccccc7o6)cc(-c6nc7ccccc7o6)c5)c4)ccc3-c3c2ccc2ccccc32)cc1. The van der Waals surface area contributed by atoms with E-state index in [1.807, 2.05) is 48.5 Å². The number of hydrogen-bond donors (Lipinski definition) is 0. The van der Waals surface area contributed by atoms with Crippen molar-refractivity contribution in [1.82, 2.24) is 9.97 Å². The van der Waals surface area contributed by atoms with Crippen molar-refractivity contribution in [3.8, 4) is 56.3 Å². The van der Waals surface area contributed by atoms with Crippen LogP contribution in [0.25, 0.3) is 89.3 Å². The molecule has 1 aliphatic rings. The Kier molecular flexibility index (Phi) is 7.41. The Bertz CT molecular complexity index is 3200. The molecular formula is C55H34N2O2. The molecule has 0 fully saturated rings. The Morgan fingerprint density at radius 3 is 1.53 bits per heavy atom. The van der Waals surface area contributed by atoms with E-state index in [2.05, 4.69) is 158 Å². The number of fused-ring (bicyclic) bond motifs is 7. The summed E-state index contributed by atoms with van der Waals surface area (Å²) < 4.78 is 12.6. The summed E-state index contributed by atoms with van der Waals surface area (Å²) in [6.45, 7) is 0. The molecule has 0 N–H and O–H groups in total. The molecule has 0 radical (unpaired) electrons. The number of rotatable bonds is 6. The van der Waals surface area contributed by atoms with Crippen molar-refractivity contribution < 1.29 is 8.83 Å². The first kappa shape index (κ1) is 33.3. The molecule has 0 atom stereocenters. The number of nitrogens with zero attached hydrogens (tertiary/aromatic N) is 2. The van der Waals surface area contributed by atoms with Crippen LogP contribution in [0.4, 0.5) is 0 Å². The number of para-hydroxylation sites is 4. The molecule has 276 valence electrons. The number of oxazole rings is 2. The van der Waals surface area contributed by atoms with Crippen LogP contribution in [0, 0.1) is 0 Å². The van der Waals surface area contributed by atoms with Crippen molar-refractivity contribution in [3.05, 3.63) is 229 Å². The van der Waals surface area contributed by atoms with Gasteiger partial charge in [0.1, 0.15) is 11.0 Å². The van der Waals surface area contributed by atoms with Gasteiger partial charge in [-0.2, -0.15) is 0 Å². The molecule has 0 spiro atoms. The lowest BCUT2D eigenvalue weighted by Gasteiger charge is -2.34. The van der Waals surface area contributed by atoms with Gasteiger partial charge in [-0.3, -0.25) is 0 Å². The second-order valence-electron chi connectivity index (χ2n) is 15.3. The van der Waals surface area contributed by atoms with Crippen LogP contribution in [0.15, 0.2) is 215 Å². The standard InChI is InChI=1S/C55H34N2O2/c1-3-17-42(18-4-1)55(43-19-5-2-6-20-43)46-29-27-35-14-7-8-21-44(35)52(46)45-28-26-38(34-47(45)55)36-15-13-16-37(30-36)39-31-40(53-56-48-22-9-11-24-50(48)58-53)33-41(32-39)54-57-49-23-10-12-25-51(49)59-54/h1-34H. The summed E-state index contributed by atoms with van der Waals surface area (Å²) in [7, 11) is 0. The predicted molar refractivity (Wildman–Crippen MR) is 238 cm³/mol. The zero-order valence-corrected chi connectivity index (χ0v) is 31.8. The highest BCUT2D eigenvalue weighted by Gasteiger charge is 2.46. The lowest BCUT2D eigenvalue weighted by Crippen LogP contribution is -2.28. The molecule has 4 heteroatoms. The Hall–Kier alpha value is -7.82. The van der Waals surface area contributed by atoms with Gasteiger partial charge in [0.2, 0.25) is 11.8 Å². The number of aromatic nitrogens is 2. The maximum atomic E-state index is 6.31. The van der Waals surface area contributed by atoms with Crippen molar-refractivity contribution in [2.24, 2.45) is 0 Å². The highest BCUT2D eigenvalue weighted by molar-refractivity contribution is 6.04. The molecule has 0 amide bonds. The molecule has 0 saturated carbocycles. The molecule has 0 saturated heterocycles.